The molecule has 2 aromatic rings. The molecule has 2 aromatic carbocycles. The van der Waals surface area contributed by atoms with Crippen LogP contribution in [0.15, 0.2) is 54.6 Å². The molecule has 0 aromatic heterocycles. The molecule has 0 aliphatic heterocycles. The summed E-state index contributed by atoms with van der Waals surface area (Å²) in [5, 5.41) is 18.9. The number of hydrogen-bond acceptors (Lipinski definition) is 2. The van der Waals surface area contributed by atoms with E-state index in [1.807, 2.05) is 37.3 Å². The molecule has 3 heteroatoms. The highest BCUT2D eigenvalue weighted by Gasteiger charge is 2.16. The molecule has 0 atom stereocenters. The van der Waals surface area contributed by atoms with Gasteiger partial charge in [0, 0.05) is 0 Å². The monoisotopic (exact) mass is 268 g/mol. The average molecular weight is 268 g/mol. The smallest absolute Gasteiger partial charge is 0.336 e. The van der Waals surface area contributed by atoms with Gasteiger partial charge in [-0.2, -0.15) is 0 Å². The van der Waals surface area contributed by atoms with Gasteiger partial charge in [-0.25, -0.2) is 4.79 Å². The summed E-state index contributed by atoms with van der Waals surface area (Å²) in [6.07, 6.45) is 0.618. The molecular formula is C17H16O3. The van der Waals surface area contributed by atoms with Gasteiger partial charge >= 0.3 is 5.97 Å². The van der Waals surface area contributed by atoms with E-state index >= 15 is 0 Å². The Kier molecular flexibility index (Phi) is 4.20. The van der Waals surface area contributed by atoms with Crippen molar-refractivity contribution in [3.05, 3.63) is 65.7 Å². The van der Waals surface area contributed by atoms with E-state index in [4.69, 9.17) is 0 Å². The van der Waals surface area contributed by atoms with Gasteiger partial charge in [-0.05, 0) is 35.3 Å². The second-order valence-electron chi connectivity index (χ2n) is 4.43. The van der Waals surface area contributed by atoms with Crippen LogP contribution in [0.1, 0.15) is 24.5 Å². The average Bonchev–Trinajstić information content (AvgIpc) is 2.46. The third-order valence-electron chi connectivity index (χ3n) is 3.15. The molecule has 102 valence electrons. The van der Waals surface area contributed by atoms with Crippen LogP contribution >= 0.6 is 0 Å². The molecule has 2 rings (SSSR count). The lowest BCUT2D eigenvalue weighted by atomic mass is 9.93. The van der Waals surface area contributed by atoms with Gasteiger partial charge in [0.25, 0.3) is 0 Å². The molecule has 0 aliphatic rings. The van der Waals surface area contributed by atoms with Gasteiger partial charge in [-0.1, -0.05) is 49.4 Å². The van der Waals surface area contributed by atoms with Crippen LogP contribution in [0.2, 0.25) is 0 Å². The Morgan fingerprint density at radius 1 is 0.950 bits per heavy atom. The predicted molar refractivity (Wildman–Crippen MR) is 79.3 cm³/mol. The number of aromatic hydroxyl groups is 1. The first-order valence-corrected chi connectivity index (χ1v) is 6.44. The fraction of sp³-hybridized carbons (Fsp3) is 0.118. The number of carbonyl (C=O) groups is 1. The summed E-state index contributed by atoms with van der Waals surface area (Å²) in [7, 11) is 0. The van der Waals surface area contributed by atoms with E-state index in [9.17, 15) is 15.0 Å². The summed E-state index contributed by atoms with van der Waals surface area (Å²) in [5.41, 5.74) is 2.55. The Bertz CT molecular complexity index is 625. The fourth-order valence-corrected chi connectivity index (χ4v) is 2.22. The Morgan fingerprint density at radius 2 is 1.55 bits per heavy atom. The van der Waals surface area contributed by atoms with Crippen LogP contribution in [0.25, 0.3) is 11.1 Å². The lowest BCUT2D eigenvalue weighted by Crippen LogP contribution is -2.03. The summed E-state index contributed by atoms with van der Waals surface area (Å²) in [5.74, 6) is -0.840. The lowest BCUT2D eigenvalue weighted by Gasteiger charge is -2.12. The second-order valence-corrected chi connectivity index (χ2v) is 4.43. The first-order valence-electron chi connectivity index (χ1n) is 6.44. The highest BCUT2D eigenvalue weighted by molar-refractivity contribution is 6.23. The standard InChI is InChI=1S/C17H16O3/c1-2-15(12-6-4-3-5-7-12)16(17(19)20)13-8-10-14(18)11-9-13/h3-11,18H,2H2,1H3,(H,19,20)/b16-15+. The van der Waals surface area contributed by atoms with E-state index in [-0.39, 0.29) is 11.3 Å². The number of aliphatic carboxylic acids is 1. The Hall–Kier alpha value is -2.55. The molecule has 0 saturated carbocycles. The molecule has 0 unspecified atom stereocenters. The fourth-order valence-electron chi connectivity index (χ4n) is 2.22. The minimum absolute atomic E-state index is 0.122. The maximum atomic E-state index is 11.6. The van der Waals surface area contributed by atoms with Crippen molar-refractivity contribution in [2.45, 2.75) is 13.3 Å². The second kappa shape index (κ2) is 6.06. The number of carboxylic acid groups (broad SMARTS) is 1. The van der Waals surface area contributed by atoms with Gasteiger partial charge in [0.05, 0.1) is 5.57 Å². The Labute approximate surface area is 117 Å². The molecule has 0 bridgehead atoms. The zero-order valence-corrected chi connectivity index (χ0v) is 11.2. The van der Waals surface area contributed by atoms with Gasteiger partial charge < -0.3 is 10.2 Å². The number of phenolic OH excluding ortho intramolecular Hbond substituents is 1. The molecule has 2 N–H and O–H groups in total. The van der Waals surface area contributed by atoms with E-state index < -0.39 is 5.97 Å². The highest BCUT2D eigenvalue weighted by Crippen LogP contribution is 2.29. The summed E-state index contributed by atoms with van der Waals surface area (Å²) < 4.78 is 0. The topological polar surface area (TPSA) is 57.5 Å². The van der Waals surface area contributed by atoms with Crippen molar-refractivity contribution in [3.8, 4) is 5.75 Å². The zero-order valence-electron chi connectivity index (χ0n) is 11.2. The first kappa shape index (κ1) is 13.9. The van der Waals surface area contributed by atoms with E-state index in [1.54, 1.807) is 12.1 Å². The van der Waals surface area contributed by atoms with Crippen LogP contribution in [0.5, 0.6) is 5.75 Å². The number of carboxylic acids is 1. The van der Waals surface area contributed by atoms with Crippen molar-refractivity contribution in [3.63, 3.8) is 0 Å². The van der Waals surface area contributed by atoms with Gasteiger partial charge in [-0.3, -0.25) is 0 Å². The molecule has 0 heterocycles. The van der Waals surface area contributed by atoms with Crippen molar-refractivity contribution < 1.29 is 15.0 Å². The molecule has 0 fully saturated rings. The summed E-state index contributed by atoms with van der Waals surface area (Å²) in [6, 6.07) is 15.7. The molecule has 0 radical (unpaired) electrons. The molecule has 20 heavy (non-hydrogen) atoms. The zero-order chi connectivity index (χ0) is 14.5. The lowest BCUT2D eigenvalue weighted by molar-refractivity contribution is -0.130. The van der Waals surface area contributed by atoms with E-state index in [2.05, 4.69) is 0 Å². The van der Waals surface area contributed by atoms with Crippen molar-refractivity contribution >= 4 is 17.1 Å². The molecular weight excluding hydrogens is 252 g/mol. The van der Waals surface area contributed by atoms with Crippen LogP contribution in [0.4, 0.5) is 0 Å². The first-order chi connectivity index (χ1) is 9.63. The number of allylic oxidation sites excluding steroid dienone is 1. The maximum absolute atomic E-state index is 11.6. The highest BCUT2D eigenvalue weighted by atomic mass is 16.4. The van der Waals surface area contributed by atoms with E-state index in [0.717, 1.165) is 11.1 Å². The predicted octanol–water partition coefficient (Wildman–Crippen LogP) is 3.80. The minimum atomic E-state index is -0.962. The van der Waals surface area contributed by atoms with Gasteiger partial charge in [0.2, 0.25) is 0 Å². The number of benzene rings is 2. The van der Waals surface area contributed by atoms with Crippen LogP contribution < -0.4 is 0 Å². The molecule has 0 aliphatic carbocycles. The van der Waals surface area contributed by atoms with Crippen molar-refractivity contribution in [2.75, 3.05) is 0 Å². The number of hydrogen-bond donors (Lipinski definition) is 2. The van der Waals surface area contributed by atoms with Crippen molar-refractivity contribution in [2.24, 2.45) is 0 Å². The molecule has 0 saturated heterocycles. The van der Waals surface area contributed by atoms with Gasteiger partial charge in [-0.15, -0.1) is 0 Å². The minimum Gasteiger partial charge on any atom is -0.508 e. The normalized spacial score (nSPS) is 11.8. The molecule has 0 amide bonds. The van der Waals surface area contributed by atoms with Crippen LogP contribution in [0.3, 0.4) is 0 Å². The van der Waals surface area contributed by atoms with Crippen LogP contribution in [-0.2, 0) is 4.79 Å². The van der Waals surface area contributed by atoms with Gasteiger partial charge in [0.1, 0.15) is 5.75 Å². The Balaban J connectivity index is 2.63. The van der Waals surface area contributed by atoms with E-state index in [0.29, 0.717) is 12.0 Å². The van der Waals surface area contributed by atoms with Gasteiger partial charge in [0.15, 0.2) is 0 Å². The summed E-state index contributed by atoms with van der Waals surface area (Å²) >= 11 is 0. The quantitative estimate of drug-likeness (QED) is 0.655. The van der Waals surface area contributed by atoms with Crippen LogP contribution in [0, 0.1) is 0 Å². The SMILES string of the molecule is CC/C(=C(\C(=O)O)c1ccc(O)cc1)c1ccccc1. The van der Waals surface area contributed by atoms with Crippen molar-refractivity contribution in [1.82, 2.24) is 0 Å². The van der Waals surface area contributed by atoms with E-state index in [1.165, 1.54) is 12.1 Å². The summed E-state index contributed by atoms with van der Waals surface area (Å²) in [4.78, 5) is 11.6. The van der Waals surface area contributed by atoms with Crippen molar-refractivity contribution in [1.29, 1.82) is 0 Å². The third kappa shape index (κ3) is 2.88. The number of phenols is 1. The number of rotatable bonds is 4. The Morgan fingerprint density at radius 3 is 2.05 bits per heavy atom. The van der Waals surface area contributed by atoms with Crippen LogP contribution in [-0.4, -0.2) is 16.2 Å². The molecule has 0 spiro atoms. The largest absolute Gasteiger partial charge is 0.508 e. The summed E-state index contributed by atoms with van der Waals surface area (Å²) in [6.45, 7) is 1.94. The molecule has 3 nitrogen and oxygen atoms in total. The third-order valence-corrected chi connectivity index (χ3v) is 3.15. The maximum Gasteiger partial charge on any atom is 0.336 e.